The van der Waals surface area contributed by atoms with E-state index in [1.54, 1.807) is 12.3 Å². The summed E-state index contributed by atoms with van der Waals surface area (Å²) in [6.07, 6.45) is 25.1. The molecule has 0 radical (unpaired) electrons. The Bertz CT molecular complexity index is 1060. The number of hydrogen-bond donors (Lipinski definition) is 1. The highest BCUT2D eigenvalue weighted by Gasteiger charge is 2.10. The van der Waals surface area contributed by atoms with Crippen molar-refractivity contribution in [2.75, 3.05) is 19.6 Å². The standard InChI is InChI=1S/C14H11N3.C14H25N.C7H10.H2/c1-2-6-11(7-3-1)14-16-10-13(17-14)12-8-4-5-9-15-12;1-3-9-14(4-2)10-8-13-15-11-6-5-7-12-15;1-3-5-7-6-4-2;/h1-10H,(H,16,17);3-4,14H,1-2,5-13H2;3-7H,1H2,2H3;1H/b;;6-4-,7-5-;. The van der Waals surface area contributed by atoms with E-state index < -0.39 is 0 Å². The molecule has 39 heavy (non-hydrogen) atoms. The van der Waals surface area contributed by atoms with E-state index in [2.05, 4.69) is 45.7 Å². The molecule has 1 unspecified atom stereocenters. The SMILES string of the molecule is C=C/C=C\C=C/C.C=CCC(C=C)CCCN1CCCCC1.[HH].c1ccc(-c2ncc(-c3ccccn3)[nH]2)cc1. The summed E-state index contributed by atoms with van der Waals surface area (Å²) in [7, 11) is 0. The third-order valence-corrected chi connectivity index (χ3v) is 6.42. The molecule has 1 fully saturated rings. The Morgan fingerprint density at radius 2 is 1.72 bits per heavy atom. The Hall–Kier alpha value is -3.76. The molecule has 4 heteroatoms. The van der Waals surface area contributed by atoms with Crippen molar-refractivity contribution in [1.29, 1.82) is 0 Å². The molecule has 1 aliphatic rings. The topological polar surface area (TPSA) is 44.8 Å². The van der Waals surface area contributed by atoms with Crippen molar-refractivity contribution < 1.29 is 1.43 Å². The maximum absolute atomic E-state index is 4.37. The fourth-order valence-electron chi connectivity index (χ4n) is 4.28. The van der Waals surface area contributed by atoms with Crippen molar-refractivity contribution in [1.82, 2.24) is 19.9 Å². The van der Waals surface area contributed by atoms with E-state index in [-0.39, 0.29) is 1.43 Å². The monoisotopic (exact) mass is 524 g/mol. The highest BCUT2D eigenvalue weighted by Crippen LogP contribution is 2.20. The molecule has 1 aromatic carbocycles. The Morgan fingerprint density at radius 1 is 0.949 bits per heavy atom. The zero-order valence-corrected chi connectivity index (χ0v) is 23.7. The number of rotatable bonds is 11. The van der Waals surface area contributed by atoms with E-state index in [9.17, 15) is 0 Å². The van der Waals surface area contributed by atoms with Crippen molar-refractivity contribution in [2.24, 2.45) is 5.92 Å². The van der Waals surface area contributed by atoms with Gasteiger partial charge >= 0.3 is 0 Å². The summed E-state index contributed by atoms with van der Waals surface area (Å²) in [4.78, 5) is 14.5. The third-order valence-electron chi connectivity index (χ3n) is 6.42. The Labute approximate surface area is 238 Å². The molecule has 0 amide bonds. The van der Waals surface area contributed by atoms with Crippen LogP contribution in [0.25, 0.3) is 22.8 Å². The summed E-state index contributed by atoms with van der Waals surface area (Å²) in [5.41, 5.74) is 2.92. The average molecular weight is 525 g/mol. The highest BCUT2D eigenvalue weighted by atomic mass is 15.1. The number of hydrogen-bond acceptors (Lipinski definition) is 3. The van der Waals surface area contributed by atoms with E-state index in [1.165, 1.54) is 51.7 Å². The van der Waals surface area contributed by atoms with Crippen LogP contribution < -0.4 is 0 Å². The molecule has 2 aromatic heterocycles. The molecule has 0 spiro atoms. The molecule has 0 bridgehead atoms. The van der Waals surface area contributed by atoms with Crippen LogP contribution in [0.3, 0.4) is 0 Å². The smallest absolute Gasteiger partial charge is 0.137 e. The summed E-state index contributed by atoms with van der Waals surface area (Å²) in [5, 5.41) is 0. The Balaban J connectivity index is 0.000000322. The van der Waals surface area contributed by atoms with Gasteiger partial charge in [-0.2, -0.15) is 0 Å². The van der Waals surface area contributed by atoms with Gasteiger partial charge in [0.25, 0.3) is 0 Å². The van der Waals surface area contributed by atoms with Gasteiger partial charge in [0.05, 0.1) is 17.6 Å². The van der Waals surface area contributed by atoms with Crippen molar-refractivity contribution in [2.45, 2.75) is 45.4 Å². The van der Waals surface area contributed by atoms with Crippen LogP contribution in [0.1, 0.15) is 46.9 Å². The molecule has 1 saturated heterocycles. The van der Waals surface area contributed by atoms with Crippen LogP contribution in [0.5, 0.6) is 0 Å². The molecule has 4 rings (SSSR count). The van der Waals surface area contributed by atoms with Crippen LogP contribution in [0, 0.1) is 5.92 Å². The summed E-state index contributed by atoms with van der Waals surface area (Å²) >= 11 is 0. The van der Waals surface area contributed by atoms with Gasteiger partial charge in [-0.3, -0.25) is 4.98 Å². The number of nitrogens with one attached hydrogen (secondary N) is 1. The van der Waals surface area contributed by atoms with Gasteiger partial charge in [0.15, 0.2) is 0 Å². The van der Waals surface area contributed by atoms with Crippen LogP contribution in [-0.2, 0) is 0 Å². The lowest BCUT2D eigenvalue weighted by molar-refractivity contribution is 0.222. The third kappa shape index (κ3) is 13.0. The summed E-state index contributed by atoms with van der Waals surface area (Å²) in [6, 6.07) is 15.9. The molecule has 1 N–H and O–H groups in total. The van der Waals surface area contributed by atoms with Gasteiger partial charge in [0, 0.05) is 13.2 Å². The van der Waals surface area contributed by atoms with Crippen LogP contribution in [0.15, 0.2) is 123 Å². The number of likely N-dealkylation sites (tertiary alicyclic amines) is 1. The molecular formula is C35H48N4. The number of benzene rings is 1. The average Bonchev–Trinajstić information content (AvgIpc) is 3.50. The van der Waals surface area contributed by atoms with Gasteiger partial charge in [0.1, 0.15) is 5.82 Å². The summed E-state index contributed by atoms with van der Waals surface area (Å²) < 4.78 is 0. The van der Waals surface area contributed by atoms with Gasteiger partial charge in [-0.05, 0) is 76.7 Å². The van der Waals surface area contributed by atoms with Gasteiger partial charge in [-0.1, -0.05) is 91.9 Å². The van der Waals surface area contributed by atoms with Crippen molar-refractivity contribution in [3.05, 3.63) is 123 Å². The van der Waals surface area contributed by atoms with E-state index in [1.807, 2.05) is 92.0 Å². The van der Waals surface area contributed by atoms with Crippen molar-refractivity contribution in [3.8, 4) is 22.8 Å². The van der Waals surface area contributed by atoms with Gasteiger partial charge in [0.2, 0.25) is 0 Å². The minimum absolute atomic E-state index is 0. The fourth-order valence-corrected chi connectivity index (χ4v) is 4.28. The fraction of sp³-hybridized carbons (Fsp3) is 0.314. The van der Waals surface area contributed by atoms with Crippen LogP contribution in [-0.4, -0.2) is 39.5 Å². The predicted molar refractivity (Wildman–Crippen MR) is 172 cm³/mol. The number of aromatic amines is 1. The maximum atomic E-state index is 4.37. The predicted octanol–water partition coefficient (Wildman–Crippen LogP) is 9.32. The summed E-state index contributed by atoms with van der Waals surface area (Å²) in [5.74, 6) is 1.51. The quantitative estimate of drug-likeness (QED) is 0.201. The van der Waals surface area contributed by atoms with E-state index in [0.29, 0.717) is 5.92 Å². The minimum Gasteiger partial charge on any atom is -0.337 e. The minimum atomic E-state index is 0. The first-order chi connectivity index (χ1) is 19.2. The molecule has 3 aromatic rings. The molecule has 4 nitrogen and oxygen atoms in total. The molecule has 3 heterocycles. The van der Waals surface area contributed by atoms with Gasteiger partial charge in [-0.15, -0.1) is 13.2 Å². The van der Waals surface area contributed by atoms with Crippen LogP contribution >= 0.6 is 0 Å². The highest BCUT2D eigenvalue weighted by molar-refractivity contribution is 5.61. The number of imidazole rings is 1. The van der Waals surface area contributed by atoms with E-state index in [4.69, 9.17) is 0 Å². The largest absolute Gasteiger partial charge is 0.337 e. The zero-order chi connectivity index (χ0) is 28.0. The Kier molecular flexibility index (Phi) is 16.3. The second-order valence-corrected chi connectivity index (χ2v) is 9.44. The first kappa shape index (κ1) is 31.5. The zero-order valence-electron chi connectivity index (χ0n) is 23.7. The molecule has 0 aliphatic carbocycles. The number of pyridine rings is 1. The van der Waals surface area contributed by atoms with E-state index in [0.717, 1.165) is 29.2 Å². The summed E-state index contributed by atoms with van der Waals surface area (Å²) in [6.45, 7) is 17.1. The molecule has 1 aliphatic heterocycles. The van der Waals surface area contributed by atoms with Crippen molar-refractivity contribution >= 4 is 0 Å². The lowest BCUT2D eigenvalue weighted by atomic mass is 9.99. The van der Waals surface area contributed by atoms with Crippen LogP contribution in [0.2, 0.25) is 0 Å². The molecule has 208 valence electrons. The first-order valence-corrected chi connectivity index (χ1v) is 14.1. The lowest BCUT2D eigenvalue weighted by Gasteiger charge is -2.26. The second kappa shape index (κ2) is 20.2. The number of H-pyrrole nitrogens is 1. The normalized spacial score (nSPS) is 14.1. The number of piperidine rings is 1. The Morgan fingerprint density at radius 3 is 2.36 bits per heavy atom. The van der Waals surface area contributed by atoms with Crippen molar-refractivity contribution in [3.63, 3.8) is 0 Å². The molecule has 1 atom stereocenters. The lowest BCUT2D eigenvalue weighted by Crippen LogP contribution is -2.30. The first-order valence-electron chi connectivity index (χ1n) is 14.1. The molecule has 0 saturated carbocycles. The number of aromatic nitrogens is 3. The number of allylic oxidation sites excluding steroid dienone is 7. The maximum Gasteiger partial charge on any atom is 0.137 e. The molecular weight excluding hydrogens is 476 g/mol. The van der Waals surface area contributed by atoms with Crippen LogP contribution in [0.4, 0.5) is 0 Å². The van der Waals surface area contributed by atoms with E-state index >= 15 is 0 Å². The number of nitrogens with zero attached hydrogens (tertiary/aromatic N) is 3. The second-order valence-electron chi connectivity index (χ2n) is 9.44. The van der Waals surface area contributed by atoms with Gasteiger partial charge < -0.3 is 9.88 Å². The van der Waals surface area contributed by atoms with Gasteiger partial charge in [-0.25, -0.2) is 4.98 Å².